The molecule has 4 nitrogen and oxygen atoms in total. The maximum absolute atomic E-state index is 12.6. The Balaban J connectivity index is 1.51. The summed E-state index contributed by atoms with van der Waals surface area (Å²) >= 11 is 0. The largest absolute Gasteiger partial charge is 0.342 e. The first-order valence-electron chi connectivity index (χ1n) is 9.96. The van der Waals surface area contributed by atoms with E-state index in [0.717, 1.165) is 45.3 Å². The molecule has 4 heteroatoms. The van der Waals surface area contributed by atoms with Crippen molar-refractivity contribution in [3.05, 3.63) is 17.7 Å². The molecule has 1 aromatic heterocycles. The number of rotatable bonds is 6. The molecule has 2 heterocycles. The zero-order valence-electron chi connectivity index (χ0n) is 15.5. The van der Waals surface area contributed by atoms with E-state index in [9.17, 15) is 4.79 Å². The first-order chi connectivity index (χ1) is 11.7. The summed E-state index contributed by atoms with van der Waals surface area (Å²) < 4.78 is 2.35. The van der Waals surface area contributed by atoms with Gasteiger partial charge in [0.2, 0.25) is 5.91 Å². The molecule has 134 valence electrons. The molecule has 1 atom stereocenters. The molecule has 0 aromatic carbocycles. The highest BCUT2D eigenvalue weighted by molar-refractivity contribution is 5.76. The maximum atomic E-state index is 12.6. The molecule has 24 heavy (non-hydrogen) atoms. The number of hydrogen-bond acceptors (Lipinski definition) is 2. The van der Waals surface area contributed by atoms with Crippen LogP contribution < -0.4 is 0 Å². The Labute approximate surface area is 146 Å². The monoisotopic (exact) mass is 331 g/mol. The zero-order valence-corrected chi connectivity index (χ0v) is 15.5. The van der Waals surface area contributed by atoms with Crippen molar-refractivity contribution < 1.29 is 4.79 Å². The number of hydrogen-bond donors (Lipinski definition) is 0. The average Bonchev–Trinajstić information content (AvgIpc) is 3.18. The van der Waals surface area contributed by atoms with Crippen molar-refractivity contribution in [2.75, 3.05) is 13.1 Å². The van der Waals surface area contributed by atoms with E-state index in [1.807, 2.05) is 6.20 Å². The van der Waals surface area contributed by atoms with Crippen LogP contribution in [0.5, 0.6) is 0 Å². The van der Waals surface area contributed by atoms with Crippen LogP contribution in [-0.4, -0.2) is 33.4 Å². The number of aryl methyl sites for hydroxylation is 1. The fraction of sp³-hybridized carbons (Fsp3) is 0.800. The first kappa shape index (κ1) is 17.5. The second-order valence-corrected chi connectivity index (χ2v) is 7.87. The lowest BCUT2D eigenvalue weighted by molar-refractivity contribution is -0.131. The molecule has 1 saturated carbocycles. The summed E-state index contributed by atoms with van der Waals surface area (Å²) in [5.74, 6) is 2.84. The lowest BCUT2D eigenvalue weighted by Gasteiger charge is -2.24. The quantitative estimate of drug-likeness (QED) is 0.791. The normalized spacial score (nSPS) is 22.2. The molecule has 0 radical (unpaired) electrons. The third kappa shape index (κ3) is 4.20. The molecule has 1 aliphatic heterocycles. The van der Waals surface area contributed by atoms with Gasteiger partial charge in [-0.3, -0.25) is 4.79 Å². The maximum Gasteiger partial charge on any atom is 0.222 e. The number of nitrogens with zero attached hydrogens (tertiary/aromatic N) is 3. The second-order valence-electron chi connectivity index (χ2n) is 7.87. The Bertz CT molecular complexity index is 545. The van der Waals surface area contributed by atoms with Gasteiger partial charge in [0.25, 0.3) is 0 Å². The third-order valence-corrected chi connectivity index (χ3v) is 5.88. The minimum absolute atomic E-state index is 0.400. The minimum atomic E-state index is 0.400. The summed E-state index contributed by atoms with van der Waals surface area (Å²) in [4.78, 5) is 19.3. The van der Waals surface area contributed by atoms with Crippen molar-refractivity contribution in [2.24, 2.45) is 11.8 Å². The van der Waals surface area contributed by atoms with Crippen molar-refractivity contribution in [1.82, 2.24) is 14.5 Å². The van der Waals surface area contributed by atoms with Crippen molar-refractivity contribution in [3.63, 3.8) is 0 Å². The molecule has 1 unspecified atom stereocenters. The SMILES string of the molecule is CCCn1c(C)cnc1CC1CCN(C(=O)CC2CCCCC2)C1. The molecule has 1 aromatic rings. The van der Waals surface area contributed by atoms with Gasteiger partial charge in [-0.2, -0.15) is 0 Å². The number of imidazole rings is 1. The predicted molar refractivity (Wildman–Crippen MR) is 96.8 cm³/mol. The van der Waals surface area contributed by atoms with Crippen molar-refractivity contribution in [3.8, 4) is 0 Å². The fourth-order valence-electron chi connectivity index (χ4n) is 4.45. The highest BCUT2D eigenvalue weighted by atomic mass is 16.2. The Morgan fingerprint density at radius 2 is 2.00 bits per heavy atom. The number of carbonyl (C=O) groups is 1. The number of amides is 1. The van der Waals surface area contributed by atoms with Gasteiger partial charge in [0.05, 0.1) is 0 Å². The lowest BCUT2D eigenvalue weighted by Crippen LogP contribution is -2.31. The molecular formula is C20H33N3O. The van der Waals surface area contributed by atoms with E-state index < -0.39 is 0 Å². The van der Waals surface area contributed by atoms with Crippen LogP contribution in [0.4, 0.5) is 0 Å². The number of carbonyl (C=O) groups excluding carboxylic acids is 1. The molecule has 3 rings (SSSR count). The van der Waals surface area contributed by atoms with Crippen LogP contribution in [0.1, 0.15) is 69.8 Å². The van der Waals surface area contributed by atoms with Crippen molar-refractivity contribution in [1.29, 1.82) is 0 Å². The van der Waals surface area contributed by atoms with Crippen LogP contribution in [0.25, 0.3) is 0 Å². The smallest absolute Gasteiger partial charge is 0.222 e. The molecule has 0 N–H and O–H groups in total. The van der Waals surface area contributed by atoms with E-state index in [0.29, 0.717) is 17.7 Å². The Kier molecular flexibility index (Phi) is 5.96. The Morgan fingerprint density at radius 3 is 2.75 bits per heavy atom. The average molecular weight is 332 g/mol. The van der Waals surface area contributed by atoms with E-state index in [2.05, 4.69) is 28.3 Å². The zero-order chi connectivity index (χ0) is 16.9. The van der Waals surface area contributed by atoms with E-state index >= 15 is 0 Å². The van der Waals surface area contributed by atoms with E-state index in [-0.39, 0.29) is 0 Å². The lowest BCUT2D eigenvalue weighted by atomic mass is 9.87. The summed E-state index contributed by atoms with van der Waals surface area (Å²) in [6.07, 6.45) is 12.6. The molecule has 1 amide bonds. The highest BCUT2D eigenvalue weighted by Crippen LogP contribution is 2.28. The minimum Gasteiger partial charge on any atom is -0.342 e. The summed E-state index contributed by atoms with van der Waals surface area (Å²) in [5.41, 5.74) is 1.26. The van der Waals surface area contributed by atoms with Gasteiger partial charge in [0.15, 0.2) is 0 Å². The molecule has 1 aliphatic carbocycles. The highest BCUT2D eigenvalue weighted by Gasteiger charge is 2.29. The number of likely N-dealkylation sites (tertiary alicyclic amines) is 1. The summed E-state index contributed by atoms with van der Waals surface area (Å²) in [5, 5.41) is 0. The summed E-state index contributed by atoms with van der Waals surface area (Å²) in [6, 6.07) is 0. The Hall–Kier alpha value is -1.32. The van der Waals surface area contributed by atoms with Crippen LogP contribution in [0, 0.1) is 18.8 Å². The Morgan fingerprint density at radius 1 is 1.21 bits per heavy atom. The van der Waals surface area contributed by atoms with Gasteiger partial charge < -0.3 is 9.47 Å². The standard InChI is InChI=1S/C20H33N3O/c1-3-10-23-16(2)14-21-19(23)12-18-9-11-22(15-18)20(24)13-17-7-5-4-6-8-17/h14,17-18H,3-13,15H2,1-2H3. The number of aromatic nitrogens is 2. The van der Waals surface area contributed by atoms with Gasteiger partial charge in [-0.05, 0) is 44.4 Å². The van der Waals surface area contributed by atoms with Gasteiger partial charge in [0.1, 0.15) is 5.82 Å². The van der Waals surface area contributed by atoms with Gasteiger partial charge in [-0.15, -0.1) is 0 Å². The molecular weight excluding hydrogens is 298 g/mol. The van der Waals surface area contributed by atoms with Crippen LogP contribution >= 0.6 is 0 Å². The van der Waals surface area contributed by atoms with Gasteiger partial charge >= 0.3 is 0 Å². The van der Waals surface area contributed by atoms with Crippen LogP contribution in [-0.2, 0) is 17.8 Å². The first-order valence-corrected chi connectivity index (χ1v) is 9.96. The topological polar surface area (TPSA) is 38.1 Å². The van der Waals surface area contributed by atoms with E-state index in [4.69, 9.17) is 0 Å². The predicted octanol–water partition coefficient (Wildman–Crippen LogP) is 3.96. The second kappa shape index (κ2) is 8.17. The van der Waals surface area contributed by atoms with Crippen LogP contribution in [0.2, 0.25) is 0 Å². The van der Waals surface area contributed by atoms with Crippen LogP contribution in [0.3, 0.4) is 0 Å². The molecule has 1 saturated heterocycles. The van der Waals surface area contributed by atoms with Crippen molar-refractivity contribution >= 4 is 5.91 Å². The van der Waals surface area contributed by atoms with Gasteiger partial charge in [-0.25, -0.2) is 4.98 Å². The van der Waals surface area contributed by atoms with E-state index in [1.165, 1.54) is 43.6 Å². The molecule has 0 bridgehead atoms. The van der Waals surface area contributed by atoms with Crippen LogP contribution in [0.15, 0.2) is 6.20 Å². The molecule has 0 spiro atoms. The van der Waals surface area contributed by atoms with Crippen molar-refractivity contribution in [2.45, 2.75) is 78.2 Å². The molecule has 2 fully saturated rings. The third-order valence-electron chi connectivity index (χ3n) is 5.88. The fourth-order valence-corrected chi connectivity index (χ4v) is 4.45. The van der Waals surface area contributed by atoms with Gasteiger partial charge in [0, 0.05) is 44.4 Å². The summed E-state index contributed by atoms with van der Waals surface area (Å²) in [6.45, 7) is 7.29. The summed E-state index contributed by atoms with van der Waals surface area (Å²) in [7, 11) is 0. The van der Waals surface area contributed by atoms with E-state index in [1.54, 1.807) is 0 Å². The molecule has 2 aliphatic rings. The van der Waals surface area contributed by atoms with Gasteiger partial charge in [-0.1, -0.05) is 26.2 Å².